The lowest BCUT2D eigenvalue weighted by Crippen LogP contribution is -2.29. The quantitative estimate of drug-likeness (QED) is 0.759. The van der Waals surface area contributed by atoms with Gasteiger partial charge in [-0.15, -0.1) is 0 Å². The Morgan fingerprint density at radius 1 is 1.19 bits per heavy atom. The molecule has 1 heterocycles. The molecule has 2 amide bonds. The van der Waals surface area contributed by atoms with Crippen LogP contribution in [0.15, 0.2) is 18.2 Å². The number of hydrogen-bond donors (Lipinski definition) is 1. The van der Waals surface area contributed by atoms with Crippen molar-refractivity contribution >= 4 is 23.2 Å². The van der Waals surface area contributed by atoms with Gasteiger partial charge < -0.3 is 15.1 Å². The summed E-state index contributed by atoms with van der Waals surface area (Å²) in [6, 6.07) is 5.65. The van der Waals surface area contributed by atoms with Gasteiger partial charge >= 0.3 is 0 Å². The number of amides is 2. The van der Waals surface area contributed by atoms with E-state index in [2.05, 4.69) is 19.2 Å². The first-order chi connectivity index (χ1) is 12.5. The van der Waals surface area contributed by atoms with Gasteiger partial charge in [-0.3, -0.25) is 9.59 Å². The molecule has 0 aromatic heterocycles. The van der Waals surface area contributed by atoms with Crippen LogP contribution in [0.2, 0.25) is 0 Å². The van der Waals surface area contributed by atoms with E-state index in [0.717, 1.165) is 57.3 Å². The molecule has 2 rings (SSSR count). The second-order valence-electron chi connectivity index (χ2n) is 7.36. The first kappa shape index (κ1) is 20.3. The average molecular weight is 360 g/mol. The van der Waals surface area contributed by atoms with Crippen LogP contribution in [0.1, 0.15) is 62.7 Å². The van der Waals surface area contributed by atoms with Crippen molar-refractivity contribution in [2.75, 3.05) is 37.4 Å². The molecule has 5 nitrogen and oxygen atoms in total. The van der Waals surface area contributed by atoms with Crippen molar-refractivity contribution in [2.45, 2.75) is 52.4 Å². The molecule has 0 unspecified atom stereocenters. The molecule has 0 spiro atoms. The summed E-state index contributed by atoms with van der Waals surface area (Å²) in [5.74, 6) is 0.139. The van der Waals surface area contributed by atoms with Crippen LogP contribution in [0.4, 0.5) is 11.4 Å². The van der Waals surface area contributed by atoms with E-state index < -0.39 is 0 Å². The molecule has 0 bridgehead atoms. The van der Waals surface area contributed by atoms with Crippen LogP contribution in [0.3, 0.4) is 0 Å². The third-order valence-corrected chi connectivity index (χ3v) is 5.14. The second-order valence-corrected chi connectivity index (χ2v) is 7.36. The fraction of sp³-hybridized carbons (Fsp3) is 0.619. The van der Waals surface area contributed by atoms with E-state index in [-0.39, 0.29) is 17.7 Å². The van der Waals surface area contributed by atoms with E-state index in [1.165, 1.54) is 0 Å². The minimum absolute atomic E-state index is 0.0289. The molecule has 1 atom stereocenters. The Balaban J connectivity index is 2.20. The minimum atomic E-state index is 0.0289. The summed E-state index contributed by atoms with van der Waals surface area (Å²) in [7, 11) is 3.87. The summed E-state index contributed by atoms with van der Waals surface area (Å²) < 4.78 is 0. The third kappa shape index (κ3) is 4.99. The van der Waals surface area contributed by atoms with E-state index in [9.17, 15) is 9.59 Å². The molecule has 1 fully saturated rings. The molecule has 0 aliphatic carbocycles. The fourth-order valence-corrected chi connectivity index (χ4v) is 3.48. The molecule has 0 radical (unpaired) electrons. The van der Waals surface area contributed by atoms with Crippen molar-refractivity contribution < 1.29 is 9.59 Å². The zero-order valence-corrected chi connectivity index (χ0v) is 16.7. The van der Waals surface area contributed by atoms with Gasteiger partial charge in [0.15, 0.2) is 0 Å². The number of unbranched alkanes of at least 4 members (excludes halogenated alkanes) is 1. The van der Waals surface area contributed by atoms with E-state index >= 15 is 0 Å². The lowest BCUT2D eigenvalue weighted by molar-refractivity contribution is -0.120. The highest BCUT2D eigenvalue weighted by Gasteiger charge is 2.23. The van der Waals surface area contributed by atoms with Crippen molar-refractivity contribution in [1.29, 1.82) is 0 Å². The second kappa shape index (κ2) is 9.60. The number of hydrogen-bond acceptors (Lipinski definition) is 3. The Labute approximate surface area is 157 Å². The first-order valence-corrected chi connectivity index (χ1v) is 9.89. The monoisotopic (exact) mass is 359 g/mol. The molecule has 1 aromatic carbocycles. The van der Waals surface area contributed by atoms with E-state index in [0.29, 0.717) is 11.3 Å². The minimum Gasteiger partial charge on any atom is -0.377 e. The van der Waals surface area contributed by atoms with Crippen LogP contribution >= 0.6 is 0 Å². The van der Waals surface area contributed by atoms with Gasteiger partial charge in [0.1, 0.15) is 0 Å². The first-order valence-electron chi connectivity index (χ1n) is 9.89. The molecule has 1 saturated heterocycles. The van der Waals surface area contributed by atoms with Crippen LogP contribution in [0, 0.1) is 5.92 Å². The Bertz CT molecular complexity index is 622. The summed E-state index contributed by atoms with van der Waals surface area (Å²) in [5.41, 5.74) is 2.26. The van der Waals surface area contributed by atoms with Gasteiger partial charge in [-0.1, -0.05) is 26.7 Å². The molecular weight excluding hydrogens is 326 g/mol. The maximum Gasteiger partial charge on any atom is 0.256 e. The molecule has 0 saturated carbocycles. The predicted molar refractivity (Wildman–Crippen MR) is 108 cm³/mol. The van der Waals surface area contributed by atoms with Crippen molar-refractivity contribution in [3.8, 4) is 0 Å². The fourth-order valence-electron chi connectivity index (χ4n) is 3.48. The molecule has 1 aliphatic rings. The van der Waals surface area contributed by atoms with Crippen molar-refractivity contribution in [1.82, 2.24) is 4.90 Å². The van der Waals surface area contributed by atoms with Gasteiger partial charge in [-0.05, 0) is 43.9 Å². The largest absolute Gasteiger partial charge is 0.377 e. The van der Waals surface area contributed by atoms with Crippen molar-refractivity contribution in [2.24, 2.45) is 5.92 Å². The zero-order valence-electron chi connectivity index (χ0n) is 16.7. The number of carbonyl (C=O) groups is 2. The van der Waals surface area contributed by atoms with Gasteiger partial charge in [0, 0.05) is 44.5 Å². The maximum atomic E-state index is 12.9. The zero-order chi connectivity index (χ0) is 19.1. The molecule has 1 aromatic rings. The summed E-state index contributed by atoms with van der Waals surface area (Å²) in [6.07, 6.45) is 6.03. The normalized spacial score (nSPS) is 15.0. The Hall–Kier alpha value is -2.04. The van der Waals surface area contributed by atoms with Gasteiger partial charge in [0.25, 0.3) is 5.91 Å². The highest BCUT2D eigenvalue weighted by Crippen LogP contribution is 2.26. The van der Waals surface area contributed by atoms with Crippen LogP contribution in [0.25, 0.3) is 0 Å². The summed E-state index contributed by atoms with van der Waals surface area (Å²) in [6.45, 7) is 5.83. The molecular formula is C21H33N3O2. The Kier molecular flexibility index (Phi) is 7.49. The number of benzene rings is 1. The van der Waals surface area contributed by atoms with E-state index in [1.807, 2.05) is 42.1 Å². The van der Waals surface area contributed by atoms with Crippen molar-refractivity contribution in [3.05, 3.63) is 23.8 Å². The van der Waals surface area contributed by atoms with Gasteiger partial charge in [0.05, 0.1) is 5.56 Å². The molecule has 5 heteroatoms. The van der Waals surface area contributed by atoms with Crippen LogP contribution in [-0.4, -0.2) is 43.9 Å². The highest BCUT2D eigenvalue weighted by molar-refractivity contribution is 6.02. The molecule has 26 heavy (non-hydrogen) atoms. The number of rotatable bonds is 8. The predicted octanol–water partition coefficient (Wildman–Crippen LogP) is 4.14. The smallest absolute Gasteiger partial charge is 0.256 e. The number of nitrogens with one attached hydrogen (secondary N) is 1. The van der Waals surface area contributed by atoms with Gasteiger partial charge in [0.2, 0.25) is 5.91 Å². The van der Waals surface area contributed by atoms with Crippen molar-refractivity contribution in [3.63, 3.8) is 0 Å². The summed E-state index contributed by atoms with van der Waals surface area (Å²) in [5, 5.41) is 3.03. The van der Waals surface area contributed by atoms with E-state index in [1.54, 1.807) is 0 Å². The third-order valence-electron chi connectivity index (χ3n) is 5.14. The average Bonchev–Trinajstić information content (AvgIpc) is 3.16. The number of anilines is 2. The molecule has 1 aliphatic heterocycles. The van der Waals surface area contributed by atoms with Gasteiger partial charge in [-0.25, -0.2) is 0 Å². The standard InChI is InChI=1S/C21H33N3O2/c1-5-7-10-16(6-2)20(25)22-17-11-12-19(23(3)4)18(15-17)21(26)24-13-8-9-14-24/h11-12,15-16H,5-10,13-14H2,1-4H3,(H,22,25)/t16-/m0/s1. The van der Waals surface area contributed by atoms with Crippen LogP contribution < -0.4 is 10.2 Å². The summed E-state index contributed by atoms with van der Waals surface area (Å²) >= 11 is 0. The SMILES string of the molecule is CCCC[C@H](CC)C(=O)Nc1ccc(N(C)C)c(C(=O)N2CCCC2)c1. The summed E-state index contributed by atoms with van der Waals surface area (Å²) in [4.78, 5) is 29.4. The number of carbonyl (C=O) groups excluding carboxylic acids is 2. The Morgan fingerprint density at radius 3 is 2.46 bits per heavy atom. The van der Waals surface area contributed by atoms with E-state index in [4.69, 9.17) is 0 Å². The lowest BCUT2D eigenvalue weighted by atomic mass is 9.98. The van der Waals surface area contributed by atoms with Crippen LogP contribution in [-0.2, 0) is 4.79 Å². The Morgan fingerprint density at radius 2 is 1.88 bits per heavy atom. The highest BCUT2D eigenvalue weighted by atomic mass is 16.2. The number of nitrogens with zero attached hydrogens (tertiary/aromatic N) is 2. The topological polar surface area (TPSA) is 52.7 Å². The van der Waals surface area contributed by atoms with Crippen LogP contribution in [0.5, 0.6) is 0 Å². The molecule has 1 N–H and O–H groups in total. The van der Waals surface area contributed by atoms with Gasteiger partial charge in [-0.2, -0.15) is 0 Å². The lowest BCUT2D eigenvalue weighted by Gasteiger charge is -2.22. The number of likely N-dealkylation sites (tertiary alicyclic amines) is 1. The molecule has 144 valence electrons. The maximum absolute atomic E-state index is 12.9.